The van der Waals surface area contributed by atoms with Crippen LogP contribution in [-0.2, 0) is 0 Å². The van der Waals surface area contributed by atoms with Gasteiger partial charge in [0.2, 0.25) is 0 Å². The molecule has 0 amide bonds. The first-order valence-corrected chi connectivity index (χ1v) is 8.73. The number of likely N-dealkylation sites (N-methyl/N-ethyl adjacent to an activating group) is 1. The van der Waals surface area contributed by atoms with Crippen LogP contribution in [-0.4, -0.2) is 86.2 Å². The van der Waals surface area contributed by atoms with Crippen LogP contribution in [0.5, 0.6) is 0 Å². The molecule has 0 aromatic heterocycles. The predicted molar refractivity (Wildman–Crippen MR) is 86.3 cm³/mol. The molecule has 1 unspecified atom stereocenters. The van der Waals surface area contributed by atoms with Gasteiger partial charge in [0, 0.05) is 38.8 Å². The fraction of sp³-hybridized carbons (Fsp3) is 1.00. The van der Waals surface area contributed by atoms with Crippen LogP contribution >= 0.6 is 0 Å². The Morgan fingerprint density at radius 2 is 1.80 bits per heavy atom. The number of hydrogen-bond donors (Lipinski definition) is 1. The first kappa shape index (κ1) is 16.2. The largest absolute Gasteiger partial charge is 0.314 e. The van der Waals surface area contributed by atoms with Crippen LogP contribution in [0.1, 0.15) is 33.1 Å². The van der Waals surface area contributed by atoms with Crippen LogP contribution in [0.4, 0.5) is 0 Å². The van der Waals surface area contributed by atoms with Crippen molar-refractivity contribution in [3.8, 4) is 0 Å². The fourth-order valence-electron chi connectivity index (χ4n) is 3.56. The fourth-order valence-corrected chi connectivity index (χ4v) is 3.56. The van der Waals surface area contributed by atoms with Crippen LogP contribution < -0.4 is 5.32 Å². The van der Waals surface area contributed by atoms with E-state index in [1.54, 1.807) is 0 Å². The third-order valence-electron chi connectivity index (χ3n) is 5.01. The maximum absolute atomic E-state index is 3.60. The molecule has 1 N–H and O–H groups in total. The van der Waals surface area contributed by atoms with Crippen molar-refractivity contribution in [2.45, 2.75) is 39.2 Å². The molecule has 0 spiro atoms. The maximum atomic E-state index is 3.60. The highest BCUT2D eigenvalue weighted by atomic mass is 15.3. The zero-order chi connectivity index (χ0) is 14.2. The van der Waals surface area contributed by atoms with Gasteiger partial charge in [-0.3, -0.25) is 4.90 Å². The number of rotatable bonds is 9. The Bertz CT molecular complexity index is 249. The van der Waals surface area contributed by atoms with Crippen molar-refractivity contribution in [1.82, 2.24) is 20.0 Å². The molecule has 118 valence electrons. The highest BCUT2D eigenvalue weighted by molar-refractivity contribution is 4.85. The van der Waals surface area contributed by atoms with Crippen LogP contribution in [0.2, 0.25) is 0 Å². The molecule has 0 aromatic rings. The van der Waals surface area contributed by atoms with Gasteiger partial charge in [-0.05, 0) is 52.0 Å². The third kappa shape index (κ3) is 4.99. The number of nitrogens with zero attached hydrogens (tertiary/aromatic N) is 3. The molecule has 2 aliphatic heterocycles. The first-order chi connectivity index (χ1) is 9.83. The second kappa shape index (κ2) is 8.98. The van der Waals surface area contributed by atoms with E-state index in [0.29, 0.717) is 0 Å². The molecule has 4 nitrogen and oxygen atoms in total. The Kier molecular flexibility index (Phi) is 7.28. The Balaban J connectivity index is 1.50. The minimum atomic E-state index is 0.855. The third-order valence-corrected chi connectivity index (χ3v) is 5.01. The van der Waals surface area contributed by atoms with E-state index in [9.17, 15) is 0 Å². The number of likely N-dealkylation sites (tertiary alicyclic amines) is 2. The topological polar surface area (TPSA) is 21.8 Å². The molecule has 4 heteroatoms. The van der Waals surface area contributed by atoms with E-state index >= 15 is 0 Å². The van der Waals surface area contributed by atoms with E-state index in [0.717, 1.165) is 19.1 Å². The summed E-state index contributed by atoms with van der Waals surface area (Å²) in [7, 11) is 0. The molecule has 0 saturated carbocycles. The minimum Gasteiger partial charge on any atom is -0.314 e. The molecule has 2 heterocycles. The number of nitrogens with one attached hydrogen (secondary N) is 1. The summed E-state index contributed by atoms with van der Waals surface area (Å²) in [5.74, 6) is 0. The zero-order valence-electron chi connectivity index (χ0n) is 13.6. The molecule has 1 atom stereocenters. The van der Waals surface area contributed by atoms with Crippen LogP contribution in [0.3, 0.4) is 0 Å². The molecule has 2 aliphatic rings. The van der Waals surface area contributed by atoms with Gasteiger partial charge in [-0.2, -0.15) is 0 Å². The van der Waals surface area contributed by atoms with Crippen molar-refractivity contribution in [2.75, 3.05) is 65.4 Å². The lowest BCUT2D eigenvalue weighted by Crippen LogP contribution is -2.38. The van der Waals surface area contributed by atoms with E-state index in [4.69, 9.17) is 0 Å². The Morgan fingerprint density at radius 3 is 2.50 bits per heavy atom. The van der Waals surface area contributed by atoms with Crippen molar-refractivity contribution in [1.29, 1.82) is 0 Å². The summed E-state index contributed by atoms with van der Waals surface area (Å²) in [5, 5.41) is 3.60. The molecule has 2 fully saturated rings. The van der Waals surface area contributed by atoms with Crippen LogP contribution in [0.15, 0.2) is 0 Å². The Labute approximate surface area is 125 Å². The first-order valence-electron chi connectivity index (χ1n) is 8.73. The molecule has 0 aliphatic carbocycles. The molecule has 2 rings (SSSR count). The van der Waals surface area contributed by atoms with Gasteiger partial charge in [0.05, 0.1) is 0 Å². The highest BCUT2D eigenvalue weighted by Gasteiger charge is 2.28. The Hall–Kier alpha value is -0.160. The second-order valence-electron chi connectivity index (χ2n) is 6.26. The highest BCUT2D eigenvalue weighted by Crippen LogP contribution is 2.19. The molecule has 20 heavy (non-hydrogen) atoms. The summed E-state index contributed by atoms with van der Waals surface area (Å²) < 4.78 is 0. The summed E-state index contributed by atoms with van der Waals surface area (Å²) in [5.41, 5.74) is 0. The minimum absolute atomic E-state index is 0.855. The van der Waals surface area contributed by atoms with Gasteiger partial charge >= 0.3 is 0 Å². The van der Waals surface area contributed by atoms with E-state index in [-0.39, 0.29) is 0 Å². The predicted octanol–water partition coefficient (Wildman–Crippen LogP) is 1.09. The van der Waals surface area contributed by atoms with Crippen LogP contribution in [0.25, 0.3) is 0 Å². The van der Waals surface area contributed by atoms with Crippen molar-refractivity contribution in [3.05, 3.63) is 0 Å². The van der Waals surface area contributed by atoms with E-state index in [1.165, 1.54) is 71.6 Å². The van der Waals surface area contributed by atoms with Gasteiger partial charge in [-0.25, -0.2) is 0 Å². The normalized spacial score (nSPS) is 25.1. The summed E-state index contributed by atoms with van der Waals surface area (Å²) in [6.45, 7) is 16.8. The lowest BCUT2D eigenvalue weighted by molar-refractivity contribution is 0.231. The molecule has 0 radical (unpaired) electrons. The molecule has 0 aromatic carbocycles. The summed E-state index contributed by atoms with van der Waals surface area (Å²) in [4.78, 5) is 7.84. The van der Waals surface area contributed by atoms with Crippen LogP contribution in [0, 0.1) is 0 Å². The number of hydrogen-bond acceptors (Lipinski definition) is 4. The van der Waals surface area contributed by atoms with Crippen molar-refractivity contribution >= 4 is 0 Å². The lowest BCUT2D eigenvalue weighted by Gasteiger charge is -2.24. The Morgan fingerprint density at radius 1 is 1.05 bits per heavy atom. The average Bonchev–Trinajstić information content (AvgIpc) is 3.13. The summed E-state index contributed by atoms with van der Waals surface area (Å²) in [6.07, 6.45) is 4.23. The summed E-state index contributed by atoms with van der Waals surface area (Å²) >= 11 is 0. The molecular weight excluding hydrogens is 248 g/mol. The summed E-state index contributed by atoms with van der Waals surface area (Å²) in [6, 6.07) is 0.855. The average molecular weight is 282 g/mol. The zero-order valence-corrected chi connectivity index (χ0v) is 13.6. The van der Waals surface area contributed by atoms with E-state index < -0.39 is 0 Å². The quantitative estimate of drug-likeness (QED) is 0.639. The molecular formula is C16H34N4. The monoisotopic (exact) mass is 282 g/mol. The maximum Gasteiger partial charge on any atom is 0.0235 e. The van der Waals surface area contributed by atoms with Gasteiger partial charge in [-0.1, -0.05) is 13.8 Å². The van der Waals surface area contributed by atoms with Crippen molar-refractivity contribution in [3.63, 3.8) is 0 Å². The molecule has 0 bridgehead atoms. The standard InChI is InChI=1S/C16H34N4/c1-3-18(4-2)13-8-17-9-14-19-12-7-16(15-19)20-10-5-6-11-20/h16-17H,3-15H2,1-2H3. The van der Waals surface area contributed by atoms with Gasteiger partial charge < -0.3 is 15.1 Å². The van der Waals surface area contributed by atoms with Crippen molar-refractivity contribution < 1.29 is 0 Å². The smallest absolute Gasteiger partial charge is 0.0235 e. The van der Waals surface area contributed by atoms with Gasteiger partial charge in [-0.15, -0.1) is 0 Å². The van der Waals surface area contributed by atoms with E-state index in [2.05, 4.69) is 33.9 Å². The van der Waals surface area contributed by atoms with Gasteiger partial charge in [0.15, 0.2) is 0 Å². The molecule has 2 saturated heterocycles. The lowest BCUT2D eigenvalue weighted by atomic mass is 10.2. The van der Waals surface area contributed by atoms with E-state index in [1.807, 2.05) is 0 Å². The second-order valence-corrected chi connectivity index (χ2v) is 6.26. The van der Waals surface area contributed by atoms with Crippen molar-refractivity contribution in [2.24, 2.45) is 0 Å². The SMILES string of the molecule is CCN(CC)CCNCCN1CCC(N2CCCC2)C1. The van der Waals surface area contributed by atoms with Gasteiger partial charge in [0.25, 0.3) is 0 Å². The van der Waals surface area contributed by atoms with Gasteiger partial charge in [0.1, 0.15) is 0 Å².